The minimum Gasteiger partial charge on any atom is -0.494 e. The average molecular weight is 276 g/mol. The van der Waals surface area contributed by atoms with E-state index in [-0.39, 0.29) is 0 Å². The highest BCUT2D eigenvalue weighted by Gasteiger charge is 2.20. The number of likely N-dealkylation sites (tertiary alicyclic amines) is 1. The summed E-state index contributed by atoms with van der Waals surface area (Å²) in [7, 11) is 0. The zero-order valence-corrected chi connectivity index (χ0v) is 12.7. The molecule has 0 bridgehead atoms. The van der Waals surface area contributed by atoms with Gasteiger partial charge in [0.15, 0.2) is 0 Å². The molecule has 1 unspecified atom stereocenters. The normalized spacial score (nSPS) is 18.5. The standard InChI is InChI=1S/C17H28N2O/c1-2-12-20-16-9-7-8-15(13-16)17(14-18)19-10-5-3-4-6-11-19/h7-9,13,17H,2-6,10-12,14,18H2,1H3. The van der Waals surface area contributed by atoms with Gasteiger partial charge in [-0.25, -0.2) is 0 Å². The molecule has 0 aliphatic carbocycles. The Balaban J connectivity index is 2.09. The summed E-state index contributed by atoms with van der Waals surface area (Å²) in [5, 5.41) is 0. The molecule has 1 aliphatic rings. The molecule has 0 amide bonds. The quantitative estimate of drug-likeness (QED) is 0.866. The highest BCUT2D eigenvalue weighted by molar-refractivity contribution is 5.31. The lowest BCUT2D eigenvalue weighted by molar-refractivity contribution is 0.209. The van der Waals surface area contributed by atoms with Crippen LogP contribution in [0.25, 0.3) is 0 Å². The predicted octanol–water partition coefficient (Wildman–Crippen LogP) is 3.35. The number of benzene rings is 1. The van der Waals surface area contributed by atoms with Gasteiger partial charge in [0, 0.05) is 12.6 Å². The van der Waals surface area contributed by atoms with E-state index in [2.05, 4.69) is 30.0 Å². The van der Waals surface area contributed by atoms with Gasteiger partial charge in [-0.2, -0.15) is 0 Å². The zero-order chi connectivity index (χ0) is 14.2. The second kappa shape index (κ2) is 8.28. The van der Waals surface area contributed by atoms with Gasteiger partial charge in [-0.05, 0) is 50.0 Å². The minimum absolute atomic E-state index is 0.332. The van der Waals surface area contributed by atoms with Crippen LogP contribution in [0.3, 0.4) is 0 Å². The van der Waals surface area contributed by atoms with E-state index in [1.54, 1.807) is 0 Å². The summed E-state index contributed by atoms with van der Waals surface area (Å²) in [5.74, 6) is 0.970. The fourth-order valence-electron chi connectivity index (χ4n) is 2.93. The highest BCUT2D eigenvalue weighted by atomic mass is 16.5. The van der Waals surface area contributed by atoms with E-state index in [9.17, 15) is 0 Å². The molecule has 1 fully saturated rings. The molecule has 1 aliphatic heterocycles. The molecule has 3 heteroatoms. The van der Waals surface area contributed by atoms with Gasteiger partial charge < -0.3 is 10.5 Å². The molecule has 3 nitrogen and oxygen atoms in total. The van der Waals surface area contributed by atoms with Crippen molar-refractivity contribution < 1.29 is 4.74 Å². The fourth-order valence-corrected chi connectivity index (χ4v) is 2.93. The van der Waals surface area contributed by atoms with Gasteiger partial charge in [-0.3, -0.25) is 4.90 Å². The monoisotopic (exact) mass is 276 g/mol. The van der Waals surface area contributed by atoms with Crippen LogP contribution in [0.4, 0.5) is 0 Å². The van der Waals surface area contributed by atoms with Crippen LogP contribution in [-0.2, 0) is 0 Å². The molecule has 112 valence electrons. The Morgan fingerprint density at radius 2 is 1.95 bits per heavy atom. The first-order valence-electron chi connectivity index (χ1n) is 8.02. The Bertz CT molecular complexity index is 386. The molecular formula is C17H28N2O. The molecule has 1 saturated heterocycles. The molecule has 0 aromatic heterocycles. The zero-order valence-electron chi connectivity index (χ0n) is 12.7. The summed E-state index contributed by atoms with van der Waals surface area (Å²) in [6, 6.07) is 8.80. The number of rotatable bonds is 6. The van der Waals surface area contributed by atoms with Crippen LogP contribution in [0, 0.1) is 0 Å². The van der Waals surface area contributed by atoms with Gasteiger partial charge in [0.25, 0.3) is 0 Å². The number of hydrogen-bond acceptors (Lipinski definition) is 3. The Labute approximate surface area is 123 Å². The molecule has 2 rings (SSSR count). The summed E-state index contributed by atoms with van der Waals surface area (Å²) in [6.07, 6.45) is 6.34. The van der Waals surface area contributed by atoms with E-state index in [4.69, 9.17) is 10.5 Å². The van der Waals surface area contributed by atoms with E-state index >= 15 is 0 Å². The van der Waals surface area contributed by atoms with E-state index in [0.717, 1.165) is 18.8 Å². The lowest BCUT2D eigenvalue weighted by Crippen LogP contribution is -2.34. The van der Waals surface area contributed by atoms with Gasteiger partial charge in [-0.1, -0.05) is 31.9 Å². The average Bonchev–Trinajstić information content (AvgIpc) is 2.76. The smallest absolute Gasteiger partial charge is 0.119 e. The van der Waals surface area contributed by atoms with E-state index in [1.807, 2.05) is 6.07 Å². The highest BCUT2D eigenvalue weighted by Crippen LogP contribution is 2.26. The molecule has 20 heavy (non-hydrogen) atoms. The van der Waals surface area contributed by atoms with Gasteiger partial charge in [-0.15, -0.1) is 0 Å². The first-order valence-corrected chi connectivity index (χ1v) is 8.02. The molecule has 1 aromatic rings. The van der Waals surface area contributed by atoms with Crippen molar-refractivity contribution in [1.29, 1.82) is 0 Å². The second-order valence-electron chi connectivity index (χ2n) is 5.62. The maximum Gasteiger partial charge on any atom is 0.119 e. The first-order chi connectivity index (χ1) is 9.85. The van der Waals surface area contributed by atoms with Crippen LogP contribution in [-0.4, -0.2) is 31.1 Å². The topological polar surface area (TPSA) is 38.5 Å². The molecular weight excluding hydrogens is 248 g/mol. The number of ether oxygens (including phenoxy) is 1. The maximum absolute atomic E-state index is 6.05. The van der Waals surface area contributed by atoms with E-state index < -0.39 is 0 Å². The number of nitrogens with zero attached hydrogens (tertiary/aromatic N) is 1. The first kappa shape index (κ1) is 15.3. The molecule has 0 saturated carbocycles. The van der Waals surface area contributed by atoms with Crippen molar-refractivity contribution in [2.75, 3.05) is 26.2 Å². The van der Waals surface area contributed by atoms with Crippen molar-refractivity contribution in [3.05, 3.63) is 29.8 Å². The van der Waals surface area contributed by atoms with Crippen LogP contribution in [0.15, 0.2) is 24.3 Å². The molecule has 1 aromatic carbocycles. The summed E-state index contributed by atoms with van der Waals surface area (Å²) >= 11 is 0. The largest absolute Gasteiger partial charge is 0.494 e. The van der Waals surface area contributed by atoms with Crippen LogP contribution < -0.4 is 10.5 Å². The second-order valence-corrected chi connectivity index (χ2v) is 5.62. The maximum atomic E-state index is 6.05. The fraction of sp³-hybridized carbons (Fsp3) is 0.647. The Kier molecular flexibility index (Phi) is 6.34. The van der Waals surface area contributed by atoms with Crippen molar-refractivity contribution in [1.82, 2.24) is 4.90 Å². The molecule has 0 spiro atoms. The lowest BCUT2D eigenvalue weighted by atomic mass is 10.0. The van der Waals surface area contributed by atoms with Crippen LogP contribution in [0.5, 0.6) is 5.75 Å². The van der Waals surface area contributed by atoms with Crippen molar-refractivity contribution in [2.24, 2.45) is 5.73 Å². The van der Waals surface area contributed by atoms with Gasteiger partial charge in [0.2, 0.25) is 0 Å². The van der Waals surface area contributed by atoms with Gasteiger partial charge >= 0.3 is 0 Å². The number of hydrogen-bond donors (Lipinski definition) is 1. The molecule has 1 atom stereocenters. The molecule has 0 radical (unpaired) electrons. The van der Waals surface area contributed by atoms with Crippen molar-refractivity contribution in [3.8, 4) is 5.75 Å². The van der Waals surface area contributed by atoms with E-state index in [1.165, 1.54) is 44.3 Å². The summed E-state index contributed by atoms with van der Waals surface area (Å²) in [5.41, 5.74) is 7.35. The van der Waals surface area contributed by atoms with Gasteiger partial charge in [0.1, 0.15) is 5.75 Å². The predicted molar refractivity (Wildman–Crippen MR) is 84.1 cm³/mol. The van der Waals surface area contributed by atoms with Crippen LogP contribution in [0.1, 0.15) is 50.6 Å². The van der Waals surface area contributed by atoms with Crippen LogP contribution >= 0.6 is 0 Å². The third kappa shape index (κ3) is 4.22. The van der Waals surface area contributed by atoms with E-state index in [0.29, 0.717) is 12.6 Å². The molecule has 1 heterocycles. The lowest BCUT2D eigenvalue weighted by Gasteiger charge is -2.30. The Hall–Kier alpha value is -1.06. The van der Waals surface area contributed by atoms with Crippen LogP contribution in [0.2, 0.25) is 0 Å². The third-order valence-electron chi connectivity index (χ3n) is 4.02. The summed E-state index contributed by atoms with van der Waals surface area (Å²) in [4.78, 5) is 2.55. The van der Waals surface area contributed by atoms with Crippen molar-refractivity contribution in [3.63, 3.8) is 0 Å². The summed E-state index contributed by atoms with van der Waals surface area (Å²) in [6.45, 7) is 5.92. The van der Waals surface area contributed by atoms with Crippen molar-refractivity contribution in [2.45, 2.75) is 45.1 Å². The summed E-state index contributed by atoms with van der Waals surface area (Å²) < 4.78 is 5.74. The Morgan fingerprint density at radius 1 is 1.20 bits per heavy atom. The van der Waals surface area contributed by atoms with Crippen molar-refractivity contribution >= 4 is 0 Å². The SMILES string of the molecule is CCCOc1cccc(C(CN)N2CCCCCC2)c1. The number of nitrogens with two attached hydrogens (primary N) is 1. The van der Waals surface area contributed by atoms with Gasteiger partial charge in [0.05, 0.1) is 6.61 Å². The molecule has 2 N–H and O–H groups in total. The Morgan fingerprint density at radius 3 is 2.60 bits per heavy atom. The minimum atomic E-state index is 0.332. The third-order valence-corrected chi connectivity index (χ3v) is 4.02.